The summed E-state index contributed by atoms with van der Waals surface area (Å²) in [6, 6.07) is 15.5. The first-order chi connectivity index (χ1) is 13.0. The molecular formula is C19H14N2O5S. The van der Waals surface area contributed by atoms with E-state index in [1.54, 1.807) is 36.4 Å². The number of hydrogen-bond donors (Lipinski definition) is 1. The molecule has 1 aromatic heterocycles. The Morgan fingerprint density at radius 2 is 1.48 bits per heavy atom. The molecule has 0 saturated carbocycles. The summed E-state index contributed by atoms with van der Waals surface area (Å²) in [6.45, 7) is 0.0233. The second kappa shape index (κ2) is 6.49. The summed E-state index contributed by atoms with van der Waals surface area (Å²) < 4.78 is 32.3. The average molecular weight is 382 g/mol. The number of amides is 2. The Labute approximate surface area is 155 Å². The number of nitrogens with one attached hydrogen (secondary N) is 1. The highest BCUT2D eigenvalue weighted by atomic mass is 32.2. The number of sulfonamides is 1. The maximum atomic E-state index is 12.5. The van der Waals surface area contributed by atoms with Crippen LogP contribution < -0.4 is 9.62 Å². The zero-order chi connectivity index (χ0) is 19.0. The van der Waals surface area contributed by atoms with Gasteiger partial charge in [-0.1, -0.05) is 12.1 Å². The van der Waals surface area contributed by atoms with E-state index in [2.05, 4.69) is 4.72 Å². The minimum atomic E-state index is -3.76. The SMILES string of the molecule is O=C1c2ccccc2C(=O)N1c1ccc(S(=O)(=O)NCc2ccco2)cc1. The van der Waals surface area contributed by atoms with Crippen LogP contribution in [0, 0.1) is 0 Å². The van der Waals surface area contributed by atoms with Crippen LogP contribution in [0.3, 0.4) is 0 Å². The lowest BCUT2D eigenvalue weighted by Gasteiger charge is -2.14. The van der Waals surface area contributed by atoms with Gasteiger partial charge < -0.3 is 4.42 Å². The van der Waals surface area contributed by atoms with Gasteiger partial charge in [0.1, 0.15) is 5.76 Å². The Balaban J connectivity index is 1.56. The summed E-state index contributed by atoms with van der Waals surface area (Å²) in [5, 5.41) is 0. The van der Waals surface area contributed by atoms with E-state index in [4.69, 9.17) is 4.42 Å². The maximum Gasteiger partial charge on any atom is 0.266 e. The number of fused-ring (bicyclic) bond motifs is 1. The van der Waals surface area contributed by atoms with E-state index in [1.165, 1.54) is 30.5 Å². The van der Waals surface area contributed by atoms with E-state index in [-0.39, 0.29) is 11.4 Å². The van der Waals surface area contributed by atoms with E-state index in [0.717, 1.165) is 4.90 Å². The van der Waals surface area contributed by atoms with Crippen LogP contribution in [0.2, 0.25) is 0 Å². The molecule has 3 aromatic rings. The van der Waals surface area contributed by atoms with Crippen molar-refractivity contribution in [1.29, 1.82) is 0 Å². The monoisotopic (exact) mass is 382 g/mol. The topological polar surface area (TPSA) is 96.7 Å². The highest BCUT2D eigenvalue weighted by Gasteiger charge is 2.36. The van der Waals surface area contributed by atoms with Crippen LogP contribution in [0.15, 0.2) is 76.2 Å². The van der Waals surface area contributed by atoms with Crippen LogP contribution in [0.1, 0.15) is 26.5 Å². The average Bonchev–Trinajstić information content (AvgIpc) is 3.28. The lowest BCUT2D eigenvalue weighted by atomic mass is 10.1. The van der Waals surface area contributed by atoms with E-state index < -0.39 is 21.8 Å². The van der Waals surface area contributed by atoms with Crippen molar-refractivity contribution < 1.29 is 22.4 Å². The molecule has 4 rings (SSSR count). The number of anilines is 1. The second-order valence-electron chi connectivity index (χ2n) is 5.89. The highest BCUT2D eigenvalue weighted by molar-refractivity contribution is 7.89. The number of imide groups is 1. The number of rotatable bonds is 5. The molecule has 0 spiro atoms. The summed E-state index contributed by atoms with van der Waals surface area (Å²) in [7, 11) is -3.76. The van der Waals surface area contributed by atoms with Gasteiger partial charge in [-0.15, -0.1) is 0 Å². The third kappa shape index (κ3) is 3.05. The summed E-state index contributed by atoms with van der Waals surface area (Å²) in [4.78, 5) is 26.0. The van der Waals surface area contributed by atoms with E-state index in [0.29, 0.717) is 22.6 Å². The smallest absolute Gasteiger partial charge is 0.266 e. The minimum absolute atomic E-state index is 0.0226. The number of benzene rings is 2. The van der Waals surface area contributed by atoms with Gasteiger partial charge in [-0.3, -0.25) is 9.59 Å². The predicted octanol–water partition coefficient (Wildman–Crippen LogP) is 2.56. The number of carbonyl (C=O) groups is 2. The lowest BCUT2D eigenvalue weighted by molar-refractivity contribution is 0.0926. The summed E-state index contributed by atoms with van der Waals surface area (Å²) in [5.74, 6) is -0.370. The van der Waals surface area contributed by atoms with Gasteiger partial charge in [0.25, 0.3) is 11.8 Å². The molecule has 2 amide bonds. The number of carbonyl (C=O) groups excluding carboxylic acids is 2. The van der Waals surface area contributed by atoms with E-state index in [1.807, 2.05) is 0 Å². The van der Waals surface area contributed by atoms with E-state index in [9.17, 15) is 18.0 Å². The molecule has 0 atom stereocenters. The molecular weight excluding hydrogens is 368 g/mol. The first-order valence-electron chi connectivity index (χ1n) is 8.07. The molecule has 0 radical (unpaired) electrons. The maximum absolute atomic E-state index is 12.5. The lowest BCUT2D eigenvalue weighted by Crippen LogP contribution is -2.29. The van der Waals surface area contributed by atoms with Crippen LogP contribution in [-0.2, 0) is 16.6 Å². The summed E-state index contributed by atoms with van der Waals surface area (Å²) in [5.41, 5.74) is 0.977. The van der Waals surface area contributed by atoms with Crippen LogP contribution in [-0.4, -0.2) is 20.2 Å². The highest BCUT2D eigenvalue weighted by Crippen LogP contribution is 2.28. The van der Waals surface area contributed by atoms with Crippen LogP contribution in [0.4, 0.5) is 5.69 Å². The predicted molar refractivity (Wildman–Crippen MR) is 96.8 cm³/mol. The van der Waals surface area contributed by atoms with Crippen molar-refractivity contribution in [2.24, 2.45) is 0 Å². The first kappa shape index (κ1) is 17.2. The van der Waals surface area contributed by atoms with Gasteiger partial charge in [0.15, 0.2) is 0 Å². The molecule has 0 unspecified atom stereocenters. The summed E-state index contributed by atoms with van der Waals surface area (Å²) in [6.07, 6.45) is 1.46. The molecule has 1 aliphatic heterocycles. The molecule has 0 saturated heterocycles. The number of hydrogen-bond acceptors (Lipinski definition) is 5. The molecule has 8 heteroatoms. The van der Waals surface area contributed by atoms with Crippen LogP contribution in [0.25, 0.3) is 0 Å². The van der Waals surface area contributed by atoms with Crippen molar-refractivity contribution in [1.82, 2.24) is 4.72 Å². The molecule has 7 nitrogen and oxygen atoms in total. The van der Waals surface area contributed by atoms with Crippen LogP contribution in [0.5, 0.6) is 0 Å². The largest absolute Gasteiger partial charge is 0.468 e. The third-order valence-corrected chi connectivity index (χ3v) is 5.63. The molecule has 1 aliphatic rings. The first-order valence-corrected chi connectivity index (χ1v) is 9.55. The molecule has 0 aliphatic carbocycles. The Morgan fingerprint density at radius 1 is 0.852 bits per heavy atom. The quantitative estimate of drug-likeness (QED) is 0.684. The second-order valence-corrected chi connectivity index (χ2v) is 7.66. The molecule has 0 fully saturated rings. The van der Waals surface area contributed by atoms with Crippen LogP contribution >= 0.6 is 0 Å². The van der Waals surface area contributed by atoms with Crippen molar-refractivity contribution in [2.45, 2.75) is 11.4 Å². The fourth-order valence-electron chi connectivity index (χ4n) is 2.86. The molecule has 0 bridgehead atoms. The molecule has 2 aromatic carbocycles. The zero-order valence-corrected chi connectivity index (χ0v) is 14.8. The van der Waals surface area contributed by atoms with Gasteiger partial charge in [-0.25, -0.2) is 18.0 Å². The van der Waals surface area contributed by atoms with Crippen molar-refractivity contribution in [3.63, 3.8) is 0 Å². The fourth-order valence-corrected chi connectivity index (χ4v) is 3.85. The van der Waals surface area contributed by atoms with Gasteiger partial charge >= 0.3 is 0 Å². The Bertz CT molecular complexity index is 1080. The summed E-state index contributed by atoms with van der Waals surface area (Å²) >= 11 is 0. The van der Waals surface area contributed by atoms with Gasteiger partial charge in [0.05, 0.1) is 34.5 Å². The number of nitrogens with zero attached hydrogens (tertiary/aromatic N) is 1. The van der Waals surface area contributed by atoms with Gasteiger partial charge in [-0.05, 0) is 48.5 Å². The Morgan fingerprint density at radius 3 is 2.04 bits per heavy atom. The van der Waals surface area contributed by atoms with Crippen molar-refractivity contribution in [3.05, 3.63) is 83.8 Å². The van der Waals surface area contributed by atoms with E-state index >= 15 is 0 Å². The standard InChI is InChI=1S/C19H14N2O5S/c22-18-16-5-1-2-6-17(16)19(23)21(18)13-7-9-15(10-8-13)27(24,25)20-12-14-4-3-11-26-14/h1-11,20H,12H2. The van der Waals surface area contributed by atoms with Crippen molar-refractivity contribution in [3.8, 4) is 0 Å². The fraction of sp³-hybridized carbons (Fsp3) is 0.0526. The normalized spacial score (nSPS) is 13.9. The van der Waals surface area contributed by atoms with Gasteiger partial charge in [0.2, 0.25) is 10.0 Å². The molecule has 27 heavy (non-hydrogen) atoms. The third-order valence-electron chi connectivity index (χ3n) is 4.22. The van der Waals surface area contributed by atoms with Crippen molar-refractivity contribution in [2.75, 3.05) is 4.90 Å². The van der Waals surface area contributed by atoms with Crippen molar-refractivity contribution >= 4 is 27.5 Å². The Hall–Kier alpha value is -3.23. The molecule has 2 heterocycles. The molecule has 1 N–H and O–H groups in total. The van der Waals surface area contributed by atoms with Gasteiger partial charge in [-0.2, -0.15) is 0 Å². The minimum Gasteiger partial charge on any atom is -0.468 e. The Kier molecular flexibility index (Phi) is 4.14. The zero-order valence-electron chi connectivity index (χ0n) is 14.0. The van der Waals surface area contributed by atoms with Gasteiger partial charge in [0, 0.05) is 0 Å². The number of furan rings is 1. The molecule has 136 valence electrons.